The van der Waals surface area contributed by atoms with Crippen LogP contribution in [0.5, 0.6) is 5.75 Å². The zero-order valence-corrected chi connectivity index (χ0v) is 16.4. The highest BCUT2D eigenvalue weighted by molar-refractivity contribution is 8.00. The second kappa shape index (κ2) is 8.70. The Labute approximate surface area is 164 Å². The van der Waals surface area contributed by atoms with Crippen LogP contribution in [0.1, 0.15) is 23.9 Å². The van der Waals surface area contributed by atoms with E-state index < -0.39 is 5.25 Å². The molecule has 27 heavy (non-hydrogen) atoms. The highest BCUT2D eigenvalue weighted by atomic mass is 32.2. The summed E-state index contributed by atoms with van der Waals surface area (Å²) in [5.74, 6) is 1.17. The Morgan fingerprint density at radius 1 is 1.44 bits per heavy atom. The van der Waals surface area contributed by atoms with Crippen molar-refractivity contribution in [2.24, 2.45) is 0 Å². The van der Waals surface area contributed by atoms with Crippen molar-refractivity contribution in [2.45, 2.75) is 30.9 Å². The number of ether oxygens (including phenoxy) is 1. The van der Waals surface area contributed by atoms with Crippen molar-refractivity contribution in [2.75, 3.05) is 5.32 Å². The molecule has 0 bridgehead atoms. The maximum Gasteiger partial charge on any atom is 0.238 e. The van der Waals surface area contributed by atoms with E-state index in [0.29, 0.717) is 21.5 Å². The molecule has 1 amide bonds. The molecule has 138 valence electrons. The first-order chi connectivity index (χ1) is 13.1. The number of nitrogens with zero attached hydrogens (tertiary/aromatic N) is 3. The predicted molar refractivity (Wildman–Crippen MR) is 105 cm³/mol. The number of benzene rings is 1. The highest BCUT2D eigenvalue weighted by Crippen LogP contribution is 2.25. The van der Waals surface area contributed by atoms with E-state index in [1.165, 1.54) is 23.1 Å². The van der Waals surface area contributed by atoms with Gasteiger partial charge in [-0.15, -0.1) is 16.4 Å². The summed E-state index contributed by atoms with van der Waals surface area (Å²) in [5.41, 5.74) is 1.50. The van der Waals surface area contributed by atoms with Crippen molar-refractivity contribution in [3.05, 3.63) is 52.7 Å². The predicted octanol–water partition coefficient (Wildman–Crippen LogP) is 3.74. The molecule has 9 heteroatoms. The molecule has 3 rings (SSSR count). The van der Waals surface area contributed by atoms with E-state index in [0.717, 1.165) is 11.3 Å². The molecule has 0 aliphatic rings. The fraction of sp³-hybridized carbons (Fsp3) is 0.222. The van der Waals surface area contributed by atoms with Gasteiger partial charge in [-0.25, -0.2) is 4.98 Å². The van der Waals surface area contributed by atoms with Gasteiger partial charge in [-0.2, -0.15) is 5.26 Å². The number of H-pyrrole nitrogens is 1. The molecule has 2 heterocycles. The summed E-state index contributed by atoms with van der Waals surface area (Å²) < 4.78 is 5.73. The summed E-state index contributed by atoms with van der Waals surface area (Å²) in [6, 6.07) is 11.5. The largest absolute Gasteiger partial charge is 0.485 e. The van der Waals surface area contributed by atoms with Gasteiger partial charge in [0.05, 0.1) is 10.8 Å². The Balaban J connectivity index is 1.54. The minimum atomic E-state index is -0.417. The number of aryl methyl sites for hydroxylation is 1. The number of aromatic amines is 1. The van der Waals surface area contributed by atoms with Crippen molar-refractivity contribution in [1.82, 2.24) is 15.2 Å². The summed E-state index contributed by atoms with van der Waals surface area (Å²) in [6.07, 6.45) is 0. The molecular formula is C18H17N5O2S2. The lowest BCUT2D eigenvalue weighted by Crippen LogP contribution is -2.22. The normalized spacial score (nSPS) is 11.6. The molecule has 0 fully saturated rings. The van der Waals surface area contributed by atoms with Crippen LogP contribution in [-0.2, 0) is 11.4 Å². The number of hydrogen-bond acceptors (Lipinski definition) is 7. The highest BCUT2D eigenvalue weighted by Gasteiger charge is 2.19. The molecule has 0 radical (unpaired) electrons. The molecular weight excluding hydrogens is 382 g/mol. The number of nitrogens with one attached hydrogen (secondary N) is 2. The third-order valence-corrected chi connectivity index (χ3v) is 5.43. The van der Waals surface area contributed by atoms with Crippen LogP contribution in [-0.4, -0.2) is 26.3 Å². The quantitative estimate of drug-likeness (QED) is 0.587. The average molecular weight is 400 g/mol. The lowest BCUT2D eigenvalue weighted by atomic mass is 10.2. The molecule has 0 aliphatic heterocycles. The topological polar surface area (TPSA) is 104 Å². The van der Waals surface area contributed by atoms with Gasteiger partial charge in [-0.3, -0.25) is 9.89 Å². The van der Waals surface area contributed by atoms with E-state index in [9.17, 15) is 4.79 Å². The van der Waals surface area contributed by atoms with Gasteiger partial charge < -0.3 is 10.1 Å². The summed E-state index contributed by atoms with van der Waals surface area (Å²) in [6.45, 7) is 4.00. The smallest absolute Gasteiger partial charge is 0.238 e. The third kappa shape index (κ3) is 4.87. The Bertz CT molecular complexity index is 976. The maximum absolute atomic E-state index is 12.3. The number of amides is 1. The van der Waals surface area contributed by atoms with E-state index >= 15 is 0 Å². The Morgan fingerprint density at radius 2 is 2.26 bits per heavy atom. The Kier molecular flexibility index (Phi) is 6.11. The van der Waals surface area contributed by atoms with Gasteiger partial charge >= 0.3 is 0 Å². The van der Waals surface area contributed by atoms with Crippen LogP contribution in [0.3, 0.4) is 0 Å². The first-order valence-electron chi connectivity index (χ1n) is 8.11. The SMILES string of the molecule is Cc1ccccc1OCc1nc(S[C@H](C)C(=O)Nc2sccc2C#N)n[nH]1. The molecule has 0 aliphatic carbocycles. The number of aromatic nitrogens is 3. The Morgan fingerprint density at radius 3 is 3.04 bits per heavy atom. The van der Waals surface area contributed by atoms with Gasteiger partial charge in [-0.1, -0.05) is 30.0 Å². The number of nitriles is 1. The van der Waals surface area contributed by atoms with E-state index in [1.807, 2.05) is 37.3 Å². The van der Waals surface area contributed by atoms with E-state index in [-0.39, 0.29) is 12.5 Å². The number of carbonyl (C=O) groups excluding carboxylic acids is 1. The number of carbonyl (C=O) groups is 1. The number of anilines is 1. The Hall–Kier alpha value is -2.83. The molecule has 7 nitrogen and oxygen atoms in total. The minimum Gasteiger partial charge on any atom is -0.485 e. The van der Waals surface area contributed by atoms with Gasteiger partial charge in [0.25, 0.3) is 0 Å². The average Bonchev–Trinajstić information content (AvgIpc) is 3.30. The van der Waals surface area contributed by atoms with Crippen molar-refractivity contribution in [1.29, 1.82) is 5.26 Å². The number of thiophene rings is 1. The van der Waals surface area contributed by atoms with Crippen LogP contribution < -0.4 is 10.1 Å². The molecule has 0 saturated carbocycles. The van der Waals surface area contributed by atoms with E-state index in [1.54, 1.807) is 18.4 Å². The van der Waals surface area contributed by atoms with Crippen molar-refractivity contribution >= 4 is 34.0 Å². The van der Waals surface area contributed by atoms with E-state index in [4.69, 9.17) is 10.00 Å². The molecule has 1 atom stereocenters. The standard InChI is InChI=1S/C18H17N5O2S2/c1-11-5-3-4-6-14(11)25-10-15-20-18(23-22-15)27-12(2)16(24)21-17-13(9-19)7-8-26-17/h3-8,12H,10H2,1-2H3,(H,21,24)(H,20,22,23)/t12-/m1/s1. The number of rotatable bonds is 7. The van der Waals surface area contributed by atoms with Crippen LogP contribution in [0.25, 0.3) is 0 Å². The molecule has 0 unspecified atom stereocenters. The molecule has 0 saturated heterocycles. The molecule has 2 N–H and O–H groups in total. The molecule has 3 aromatic rings. The number of hydrogen-bond donors (Lipinski definition) is 2. The first kappa shape index (κ1) is 18.9. The van der Waals surface area contributed by atoms with Crippen LogP contribution in [0, 0.1) is 18.3 Å². The maximum atomic E-state index is 12.3. The summed E-state index contributed by atoms with van der Waals surface area (Å²) in [5, 5.41) is 21.1. The van der Waals surface area contributed by atoms with Crippen molar-refractivity contribution in [3.63, 3.8) is 0 Å². The van der Waals surface area contributed by atoms with Crippen LogP contribution in [0.4, 0.5) is 5.00 Å². The summed E-state index contributed by atoms with van der Waals surface area (Å²) in [7, 11) is 0. The zero-order chi connectivity index (χ0) is 19.2. The van der Waals surface area contributed by atoms with Crippen LogP contribution in [0.15, 0.2) is 40.9 Å². The molecule has 1 aromatic carbocycles. The van der Waals surface area contributed by atoms with Crippen molar-refractivity contribution < 1.29 is 9.53 Å². The van der Waals surface area contributed by atoms with Crippen LogP contribution in [0.2, 0.25) is 0 Å². The van der Waals surface area contributed by atoms with Crippen LogP contribution >= 0.6 is 23.1 Å². The van der Waals surface area contributed by atoms with Gasteiger partial charge in [0.1, 0.15) is 23.4 Å². The second-order valence-corrected chi connectivity index (χ2v) is 7.87. The number of thioether (sulfide) groups is 1. The van der Waals surface area contributed by atoms with Crippen molar-refractivity contribution in [3.8, 4) is 11.8 Å². The summed E-state index contributed by atoms with van der Waals surface area (Å²) in [4.78, 5) is 16.7. The number of para-hydroxylation sites is 1. The fourth-order valence-corrected chi connectivity index (χ4v) is 3.66. The third-order valence-electron chi connectivity index (χ3n) is 3.64. The van der Waals surface area contributed by atoms with Gasteiger partial charge in [-0.05, 0) is 36.9 Å². The van der Waals surface area contributed by atoms with Gasteiger partial charge in [0.2, 0.25) is 11.1 Å². The fourth-order valence-electron chi connectivity index (χ4n) is 2.18. The van der Waals surface area contributed by atoms with E-state index in [2.05, 4.69) is 20.5 Å². The monoisotopic (exact) mass is 399 g/mol. The molecule has 2 aromatic heterocycles. The lowest BCUT2D eigenvalue weighted by molar-refractivity contribution is -0.115. The lowest BCUT2D eigenvalue weighted by Gasteiger charge is -2.08. The van der Waals surface area contributed by atoms with Gasteiger partial charge in [0, 0.05) is 0 Å². The second-order valence-electron chi connectivity index (χ2n) is 5.64. The first-order valence-corrected chi connectivity index (χ1v) is 9.87. The molecule has 0 spiro atoms. The zero-order valence-electron chi connectivity index (χ0n) is 14.7. The minimum absolute atomic E-state index is 0.207. The van der Waals surface area contributed by atoms with Gasteiger partial charge in [0.15, 0.2) is 5.82 Å². The summed E-state index contributed by atoms with van der Waals surface area (Å²) >= 11 is 2.55.